The highest BCUT2D eigenvalue weighted by atomic mass is 15.1. The van der Waals surface area contributed by atoms with Gasteiger partial charge in [-0.2, -0.15) is 0 Å². The molecule has 0 N–H and O–H groups in total. The van der Waals surface area contributed by atoms with Gasteiger partial charge >= 0.3 is 0 Å². The highest BCUT2D eigenvalue weighted by Gasteiger charge is 2.28. The standard InChI is InChI=1S/C54H32N4/c1-2-14-35(15-3-1)57-49-26-10-6-17-41(49)44-30-33(28-29-51(44)57)36-20-12-23-39-37(21-13-22-38(36)39)34-31-45-40-16-4-5-19-43(40)52-54(56-48-25-9-8-24-47(48)55-52)58-50-27-11-7-18-42(50)46(32-34)53(45)58/h1-32H. The van der Waals surface area contributed by atoms with Crippen LogP contribution in [0.2, 0.25) is 0 Å². The third-order valence-corrected chi connectivity index (χ3v) is 12.2. The summed E-state index contributed by atoms with van der Waals surface area (Å²) in [5.41, 5.74) is 16.8. The summed E-state index contributed by atoms with van der Waals surface area (Å²) in [5.74, 6) is 0.863. The molecular weight excluding hydrogens is 705 g/mol. The summed E-state index contributed by atoms with van der Waals surface area (Å²) in [6.07, 6.45) is 0. The number of hydrogen-bond donors (Lipinski definition) is 0. The lowest BCUT2D eigenvalue weighted by molar-refractivity contribution is 1.09. The van der Waals surface area contributed by atoms with E-state index in [1.165, 1.54) is 76.9 Å². The van der Waals surface area contributed by atoms with Crippen molar-refractivity contribution in [1.82, 2.24) is 19.1 Å². The summed E-state index contributed by atoms with van der Waals surface area (Å²) in [7, 11) is 0. The molecule has 4 heteroatoms. The normalized spacial score (nSPS) is 12.1. The minimum Gasteiger partial charge on any atom is -0.309 e. The van der Waals surface area contributed by atoms with Crippen molar-refractivity contribution in [3.05, 3.63) is 194 Å². The number of benzene rings is 9. The Labute approximate surface area is 333 Å². The van der Waals surface area contributed by atoms with E-state index in [-0.39, 0.29) is 0 Å². The molecule has 3 aromatic heterocycles. The number of aromatic nitrogens is 4. The quantitative estimate of drug-likeness (QED) is 0.181. The van der Waals surface area contributed by atoms with Crippen molar-refractivity contribution in [1.29, 1.82) is 0 Å². The van der Waals surface area contributed by atoms with Gasteiger partial charge in [0.2, 0.25) is 0 Å². The van der Waals surface area contributed by atoms with E-state index in [1.54, 1.807) is 0 Å². The Kier molecular flexibility index (Phi) is 6.41. The largest absolute Gasteiger partial charge is 0.309 e. The topological polar surface area (TPSA) is 35.6 Å². The van der Waals surface area contributed by atoms with Crippen molar-refractivity contribution in [2.24, 2.45) is 0 Å². The molecule has 0 saturated carbocycles. The number of nitrogens with zero attached hydrogens (tertiary/aromatic N) is 4. The van der Waals surface area contributed by atoms with Gasteiger partial charge in [0.1, 0.15) is 5.69 Å². The minimum absolute atomic E-state index is 0.863. The van der Waals surface area contributed by atoms with E-state index in [4.69, 9.17) is 9.97 Å². The van der Waals surface area contributed by atoms with E-state index in [0.717, 1.165) is 44.7 Å². The van der Waals surface area contributed by atoms with Gasteiger partial charge in [-0.15, -0.1) is 0 Å². The Morgan fingerprint density at radius 1 is 0.310 bits per heavy atom. The van der Waals surface area contributed by atoms with Gasteiger partial charge in [0.15, 0.2) is 5.82 Å². The first-order chi connectivity index (χ1) is 28.8. The molecule has 0 atom stereocenters. The van der Waals surface area contributed by atoms with E-state index >= 15 is 0 Å². The lowest BCUT2D eigenvalue weighted by atomic mass is 9.89. The van der Waals surface area contributed by atoms with Crippen LogP contribution in [0.3, 0.4) is 0 Å². The fourth-order valence-electron chi connectivity index (χ4n) is 9.74. The molecular formula is C54H32N4. The molecule has 0 unspecified atom stereocenters. The maximum atomic E-state index is 5.33. The van der Waals surface area contributed by atoms with Gasteiger partial charge < -0.3 is 4.57 Å². The maximum absolute atomic E-state index is 5.33. The van der Waals surface area contributed by atoms with E-state index in [2.05, 4.69) is 191 Å². The van der Waals surface area contributed by atoms with Crippen LogP contribution < -0.4 is 0 Å². The zero-order valence-corrected chi connectivity index (χ0v) is 31.3. The lowest BCUT2D eigenvalue weighted by Crippen LogP contribution is -2.02. The van der Waals surface area contributed by atoms with Gasteiger partial charge in [-0.1, -0.05) is 133 Å². The molecule has 0 bridgehead atoms. The van der Waals surface area contributed by atoms with Gasteiger partial charge in [-0.25, -0.2) is 9.97 Å². The zero-order chi connectivity index (χ0) is 37.9. The molecule has 0 saturated heterocycles. The average molecular weight is 737 g/mol. The van der Waals surface area contributed by atoms with Crippen LogP contribution >= 0.6 is 0 Å². The second kappa shape index (κ2) is 11.8. The lowest BCUT2D eigenvalue weighted by Gasteiger charge is -2.14. The van der Waals surface area contributed by atoms with Crippen molar-refractivity contribution in [3.8, 4) is 56.1 Å². The van der Waals surface area contributed by atoms with E-state index in [0.29, 0.717) is 0 Å². The molecule has 0 radical (unpaired) electrons. The molecule has 0 aliphatic carbocycles. The SMILES string of the molecule is c1ccc(-n2c3ccccc3c3cc(-c4cccc5c(-c6cc7c8c(c6)c6ccccc6n8-c6nc8ccccc8nc6-c6ccccc6-7)cccc45)ccc32)cc1. The van der Waals surface area contributed by atoms with Crippen LogP contribution in [-0.2, 0) is 0 Å². The van der Waals surface area contributed by atoms with Crippen LogP contribution in [0.5, 0.6) is 0 Å². The van der Waals surface area contributed by atoms with Crippen LogP contribution in [0.4, 0.5) is 0 Å². The Morgan fingerprint density at radius 3 is 1.64 bits per heavy atom. The second-order valence-corrected chi connectivity index (χ2v) is 15.3. The summed E-state index contributed by atoms with van der Waals surface area (Å²) < 4.78 is 4.73. The number of para-hydroxylation sites is 5. The third-order valence-electron chi connectivity index (χ3n) is 12.2. The first-order valence-electron chi connectivity index (χ1n) is 19.8. The van der Waals surface area contributed by atoms with Crippen molar-refractivity contribution in [2.75, 3.05) is 0 Å². The Balaban J connectivity index is 1.05. The van der Waals surface area contributed by atoms with Crippen molar-refractivity contribution < 1.29 is 0 Å². The molecule has 4 heterocycles. The third kappa shape index (κ3) is 4.34. The molecule has 0 amide bonds. The number of rotatable bonds is 3. The molecule has 9 aromatic carbocycles. The monoisotopic (exact) mass is 736 g/mol. The van der Waals surface area contributed by atoms with Gasteiger partial charge in [-0.3, -0.25) is 4.57 Å². The molecule has 268 valence electrons. The molecule has 0 fully saturated rings. The van der Waals surface area contributed by atoms with Crippen LogP contribution in [0, 0.1) is 0 Å². The first-order valence-corrected chi connectivity index (χ1v) is 19.8. The fraction of sp³-hybridized carbons (Fsp3) is 0. The highest BCUT2D eigenvalue weighted by Crippen LogP contribution is 2.48. The molecule has 4 nitrogen and oxygen atoms in total. The van der Waals surface area contributed by atoms with Gasteiger partial charge in [0, 0.05) is 38.4 Å². The minimum atomic E-state index is 0.863. The van der Waals surface area contributed by atoms with E-state index in [9.17, 15) is 0 Å². The first kappa shape index (κ1) is 31.4. The number of hydrogen-bond acceptors (Lipinski definition) is 2. The average Bonchev–Trinajstić information content (AvgIpc) is 3.77. The summed E-state index contributed by atoms with van der Waals surface area (Å²) in [6, 6.07) is 70.3. The van der Waals surface area contributed by atoms with Crippen LogP contribution in [0.25, 0.3) is 122 Å². The van der Waals surface area contributed by atoms with Crippen LogP contribution in [-0.4, -0.2) is 19.1 Å². The Bertz CT molecular complexity index is 3680. The molecule has 58 heavy (non-hydrogen) atoms. The Hall–Kier alpha value is -7.82. The van der Waals surface area contributed by atoms with E-state index in [1.807, 2.05) is 12.1 Å². The number of fused-ring (bicyclic) bond motifs is 13. The van der Waals surface area contributed by atoms with E-state index < -0.39 is 0 Å². The van der Waals surface area contributed by atoms with Crippen molar-refractivity contribution in [3.63, 3.8) is 0 Å². The Morgan fingerprint density at radius 2 is 0.862 bits per heavy atom. The summed E-state index contributed by atoms with van der Waals surface area (Å²) in [6.45, 7) is 0. The van der Waals surface area contributed by atoms with Gasteiger partial charge in [0.05, 0.1) is 33.1 Å². The predicted molar refractivity (Wildman–Crippen MR) is 241 cm³/mol. The summed E-state index contributed by atoms with van der Waals surface area (Å²) in [4.78, 5) is 10.6. The van der Waals surface area contributed by atoms with Gasteiger partial charge in [-0.05, 0) is 99.3 Å². The molecule has 1 aliphatic heterocycles. The predicted octanol–water partition coefficient (Wildman–Crippen LogP) is 14.0. The summed E-state index contributed by atoms with van der Waals surface area (Å²) >= 11 is 0. The van der Waals surface area contributed by atoms with Crippen molar-refractivity contribution >= 4 is 65.4 Å². The maximum Gasteiger partial charge on any atom is 0.165 e. The van der Waals surface area contributed by atoms with Crippen molar-refractivity contribution in [2.45, 2.75) is 0 Å². The van der Waals surface area contributed by atoms with Crippen LogP contribution in [0.1, 0.15) is 0 Å². The molecule has 12 aromatic rings. The van der Waals surface area contributed by atoms with Gasteiger partial charge in [0.25, 0.3) is 0 Å². The highest BCUT2D eigenvalue weighted by molar-refractivity contribution is 6.19. The fourth-order valence-corrected chi connectivity index (χ4v) is 9.74. The second-order valence-electron chi connectivity index (χ2n) is 15.3. The molecule has 13 rings (SSSR count). The summed E-state index contributed by atoms with van der Waals surface area (Å²) in [5, 5.41) is 7.36. The molecule has 0 spiro atoms. The smallest absolute Gasteiger partial charge is 0.165 e. The molecule has 1 aliphatic rings. The van der Waals surface area contributed by atoms with Crippen LogP contribution in [0.15, 0.2) is 194 Å². The zero-order valence-electron chi connectivity index (χ0n) is 31.3.